The van der Waals surface area contributed by atoms with Crippen LogP contribution in [0.5, 0.6) is 0 Å². The molecule has 23 heavy (non-hydrogen) atoms. The van der Waals surface area contributed by atoms with Crippen LogP contribution >= 0.6 is 11.6 Å². The quantitative estimate of drug-likeness (QED) is 0.474. The summed E-state index contributed by atoms with van der Waals surface area (Å²) in [5.41, 5.74) is 1.27. The molecule has 0 aromatic heterocycles. The fourth-order valence-electron chi connectivity index (χ4n) is 2.07. The molecule has 0 aliphatic rings. The number of rotatable bonds is 5. The molecule has 0 saturated carbocycles. The predicted octanol–water partition coefficient (Wildman–Crippen LogP) is 3.92. The highest BCUT2D eigenvalue weighted by Crippen LogP contribution is 2.19. The zero-order valence-corrected chi connectivity index (χ0v) is 13.2. The third-order valence-corrected chi connectivity index (χ3v) is 3.46. The molecular weight excluding hydrogens is 316 g/mol. The lowest BCUT2D eigenvalue weighted by atomic mass is 10.1. The SMILES string of the molecule is CN(Cc1cccc(Cl)c1)C(=O)C=Cc1ccccc1[N+](=O)[O-]. The van der Waals surface area contributed by atoms with Gasteiger partial charge in [0, 0.05) is 30.8 Å². The number of nitro groups is 1. The van der Waals surface area contributed by atoms with E-state index in [1.54, 1.807) is 37.4 Å². The Hall–Kier alpha value is -2.66. The van der Waals surface area contributed by atoms with E-state index in [4.69, 9.17) is 11.6 Å². The minimum absolute atomic E-state index is 0.0333. The van der Waals surface area contributed by atoms with Crippen molar-refractivity contribution < 1.29 is 9.72 Å². The number of amides is 1. The van der Waals surface area contributed by atoms with Gasteiger partial charge in [-0.2, -0.15) is 0 Å². The van der Waals surface area contributed by atoms with Gasteiger partial charge in [-0.3, -0.25) is 14.9 Å². The number of likely N-dealkylation sites (N-methyl/N-ethyl adjacent to an activating group) is 1. The molecule has 0 fully saturated rings. The van der Waals surface area contributed by atoms with Crippen molar-refractivity contribution in [2.75, 3.05) is 7.05 Å². The van der Waals surface area contributed by atoms with Crippen molar-refractivity contribution in [2.24, 2.45) is 0 Å². The molecule has 118 valence electrons. The topological polar surface area (TPSA) is 63.5 Å². The average Bonchev–Trinajstić information content (AvgIpc) is 2.52. The van der Waals surface area contributed by atoms with Gasteiger partial charge in [0.1, 0.15) is 0 Å². The van der Waals surface area contributed by atoms with Crippen LogP contribution in [0.2, 0.25) is 5.02 Å². The van der Waals surface area contributed by atoms with Crippen molar-refractivity contribution >= 4 is 29.3 Å². The van der Waals surface area contributed by atoms with Crippen LogP contribution in [-0.2, 0) is 11.3 Å². The Kier molecular flexibility index (Phi) is 5.49. The Labute approximate surface area is 139 Å². The Balaban J connectivity index is 2.08. The number of halogens is 1. The zero-order chi connectivity index (χ0) is 16.8. The van der Waals surface area contributed by atoms with E-state index in [1.807, 2.05) is 12.1 Å². The molecule has 0 N–H and O–H groups in total. The molecular formula is C17H15ClN2O3. The van der Waals surface area contributed by atoms with Gasteiger partial charge in [-0.1, -0.05) is 35.9 Å². The molecule has 2 aromatic rings. The number of carbonyl (C=O) groups excluding carboxylic acids is 1. The third kappa shape index (κ3) is 4.66. The van der Waals surface area contributed by atoms with Crippen LogP contribution < -0.4 is 0 Å². The van der Waals surface area contributed by atoms with Crippen molar-refractivity contribution in [3.05, 3.63) is 80.9 Å². The van der Waals surface area contributed by atoms with Gasteiger partial charge in [-0.15, -0.1) is 0 Å². The number of hydrogen-bond acceptors (Lipinski definition) is 3. The minimum atomic E-state index is -0.472. The van der Waals surface area contributed by atoms with Gasteiger partial charge in [-0.05, 0) is 29.8 Å². The maximum Gasteiger partial charge on any atom is 0.276 e. The first-order valence-electron chi connectivity index (χ1n) is 6.88. The van der Waals surface area contributed by atoms with E-state index in [-0.39, 0.29) is 11.6 Å². The first kappa shape index (κ1) is 16.7. The fraction of sp³-hybridized carbons (Fsp3) is 0.118. The van der Waals surface area contributed by atoms with Crippen LogP contribution in [0, 0.1) is 10.1 Å². The summed E-state index contributed by atoms with van der Waals surface area (Å²) in [6.45, 7) is 0.403. The average molecular weight is 331 g/mol. The second kappa shape index (κ2) is 7.56. The summed E-state index contributed by atoms with van der Waals surface area (Å²) in [6, 6.07) is 13.5. The van der Waals surface area contributed by atoms with Crippen molar-refractivity contribution in [2.45, 2.75) is 6.54 Å². The predicted molar refractivity (Wildman–Crippen MR) is 90.1 cm³/mol. The Morgan fingerprint density at radius 3 is 2.70 bits per heavy atom. The molecule has 0 atom stereocenters. The molecule has 0 heterocycles. The molecule has 1 amide bonds. The summed E-state index contributed by atoms with van der Waals surface area (Å²) in [6.07, 6.45) is 2.78. The minimum Gasteiger partial charge on any atom is -0.338 e. The number of nitro benzene ring substituents is 1. The summed E-state index contributed by atoms with van der Waals surface area (Å²) >= 11 is 5.91. The lowest BCUT2D eigenvalue weighted by Crippen LogP contribution is -2.24. The van der Waals surface area contributed by atoms with Crippen LogP contribution in [-0.4, -0.2) is 22.8 Å². The first-order valence-corrected chi connectivity index (χ1v) is 7.26. The Bertz CT molecular complexity index is 759. The molecule has 0 saturated heterocycles. The van der Waals surface area contributed by atoms with Gasteiger partial charge in [-0.25, -0.2) is 0 Å². The van der Waals surface area contributed by atoms with Crippen LogP contribution in [0.1, 0.15) is 11.1 Å². The molecule has 0 aliphatic heterocycles. The number of benzene rings is 2. The number of hydrogen-bond donors (Lipinski definition) is 0. The van der Waals surface area contributed by atoms with Crippen LogP contribution in [0.25, 0.3) is 6.08 Å². The molecule has 0 bridgehead atoms. The summed E-state index contributed by atoms with van der Waals surface area (Å²) in [5, 5.41) is 11.5. The van der Waals surface area contributed by atoms with E-state index in [0.717, 1.165) is 5.56 Å². The standard InChI is InChI=1S/C17H15ClN2O3/c1-19(12-13-5-4-7-15(18)11-13)17(21)10-9-14-6-2-3-8-16(14)20(22)23/h2-11H,12H2,1H3. The second-order valence-corrected chi connectivity index (χ2v) is 5.41. The normalized spacial score (nSPS) is 10.7. The monoisotopic (exact) mass is 330 g/mol. The van der Waals surface area contributed by atoms with Crippen LogP contribution in [0.15, 0.2) is 54.6 Å². The maximum absolute atomic E-state index is 12.1. The number of carbonyl (C=O) groups is 1. The van der Waals surface area contributed by atoms with E-state index >= 15 is 0 Å². The molecule has 2 rings (SSSR count). The van der Waals surface area contributed by atoms with E-state index < -0.39 is 4.92 Å². The van der Waals surface area contributed by atoms with Gasteiger partial charge in [0.15, 0.2) is 0 Å². The van der Waals surface area contributed by atoms with Crippen molar-refractivity contribution in [1.82, 2.24) is 4.90 Å². The van der Waals surface area contributed by atoms with E-state index in [2.05, 4.69) is 0 Å². The van der Waals surface area contributed by atoms with Gasteiger partial charge < -0.3 is 4.90 Å². The van der Waals surface area contributed by atoms with Crippen LogP contribution in [0.3, 0.4) is 0 Å². The Morgan fingerprint density at radius 1 is 1.26 bits per heavy atom. The largest absolute Gasteiger partial charge is 0.338 e. The lowest BCUT2D eigenvalue weighted by Gasteiger charge is -2.15. The number of nitrogens with zero attached hydrogens (tertiary/aromatic N) is 2. The molecule has 0 radical (unpaired) electrons. The smallest absolute Gasteiger partial charge is 0.276 e. The van der Waals surface area contributed by atoms with E-state index in [9.17, 15) is 14.9 Å². The highest BCUT2D eigenvalue weighted by molar-refractivity contribution is 6.30. The van der Waals surface area contributed by atoms with Crippen molar-refractivity contribution in [3.63, 3.8) is 0 Å². The molecule has 0 spiro atoms. The summed E-state index contributed by atoms with van der Waals surface area (Å²) in [4.78, 5) is 24.1. The van der Waals surface area contributed by atoms with Gasteiger partial charge in [0.2, 0.25) is 5.91 Å². The maximum atomic E-state index is 12.1. The highest BCUT2D eigenvalue weighted by Gasteiger charge is 2.11. The summed E-state index contributed by atoms with van der Waals surface area (Å²) in [5.74, 6) is -0.247. The summed E-state index contributed by atoms with van der Waals surface area (Å²) < 4.78 is 0. The van der Waals surface area contributed by atoms with Gasteiger partial charge in [0.25, 0.3) is 5.69 Å². The lowest BCUT2D eigenvalue weighted by molar-refractivity contribution is -0.385. The highest BCUT2D eigenvalue weighted by atomic mass is 35.5. The van der Waals surface area contributed by atoms with Gasteiger partial charge >= 0.3 is 0 Å². The van der Waals surface area contributed by atoms with E-state index in [0.29, 0.717) is 17.1 Å². The summed E-state index contributed by atoms with van der Waals surface area (Å²) in [7, 11) is 1.66. The van der Waals surface area contributed by atoms with Gasteiger partial charge in [0.05, 0.1) is 10.5 Å². The Morgan fingerprint density at radius 2 is 2.00 bits per heavy atom. The molecule has 0 unspecified atom stereocenters. The van der Waals surface area contributed by atoms with E-state index in [1.165, 1.54) is 23.1 Å². The fourth-order valence-corrected chi connectivity index (χ4v) is 2.28. The molecule has 2 aromatic carbocycles. The number of para-hydroxylation sites is 1. The molecule has 0 aliphatic carbocycles. The molecule has 5 nitrogen and oxygen atoms in total. The third-order valence-electron chi connectivity index (χ3n) is 3.22. The van der Waals surface area contributed by atoms with Crippen molar-refractivity contribution in [1.29, 1.82) is 0 Å². The molecule has 6 heteroatoms. The van der Waals surface area contributed by atoms with Crippen molar-refractivity contribution in [3.8, 4) is 0 Å². The second-order valence-electron chi connectivity index (χ2n) is 4.97. The zero-order valence-electron chi connectivity index (χ0n) is 12.5. The van der Waals surface area contributed by atoms with Crippen LogP contribution in [0.4, 0.5) is 5.69 Å². The first-order chi connectivity index (χ1) is 11.0.